The van der Waals surface area contributed by atoms with Crippen molar-refractivity contribution in [3.05, 3.63) is 53.3 Å². The van der Waals surface area contributed by atoms with Gasteiger partial charge in [-0.2, -0.15) is 10.5 Å². The van der Waals surface area contributed by atoms with Crippen molar-refractivity contribution in [3.63, 3.8) is 0 Å². The topological polar surface area (TPSA) is 89.2 Å². The summed E-state index contributed by atoms with van der Waals surface area (Å²) in [7, 11) is 0. The van der Waals surface area contributed by atoms with E-state index in [0.29, 0.717) is 29.8 Å². The van der Waals surface area contributed by atoms with Crippen molar-refractivity contribution in [2.75, 3.05) is 18.0 Å². The van der Waals surface area contributed by atoms with Gasteiger partial charge in [-0.1, -0.05) is 18.2 Å². The Morgan fingerprint density at radius 1 is 1.16 bits per heavy atom. The van der Waals surface area contributed by atoms with Gasteiger partial charge in [0.05, 0.1) is 16.8 Å². The highest BCUT2D eigenvalue weighted by Crippen LogP contribution is 2.33. The lowest BCUT2D eigenvalue weighted by molar-refractivity contribution is 0.0497. The fraction of sp³-hybridized carbons (Fsp3) is 0.375. The van der Waals surface area contributed by atoms with E-state index in [2.05, 4.69) is 16.3 Å². The highest BCUT2D eigenvalue weighted by atomic mass is 19.1. The minimum atomic E-state index is -0.608. The van der Waals surface area contributed by atoms with Gasteiger partial charge in [-0.3, -0.25) is 0 Å². The third kappa shape index (κ3) is 5.32. The molecular weight excluding hydrogens is 395 g/mol. The minimum Gasteiger partial charge on any atom is -0.444 e. The van der Waals surface area contributed by atoms with Crippen LogP contribution in [0.3, 0.4) is 0 Å². The van der Waals surface area contributed by atoms with Gasteiger partial charge < -0.3 is 15.0 Å². The molecule has 0 unspecified atom stereocenters. The summed E-state index contributed by atoms with van der Waals surface area (Å²) >= 11 is 0. The maximum atomic E-state index is 14.1. The Balaban J connectivity index is 1.76. The van der Waals surface area contributed by atoms with Crippen LogP contribution in [0, 0.1) is 28.5 Å². The molecule has 0 aliphatic carbocycles. The van der Waals surface area contributed by atoms with Crippen molar-refractivity contribution >= 4 is 11.8 Å². The summed E-state index contributed by atoms with van der Waals surface area (Å²) < 4.78 is 19.4. The molecule has 0 radical (unpaired) electrons. The quantitative estimate of drug-likeness (QED) is 0.775. The molecule has 7 heteroatoms. The molecule has 6 nitrogen and oxygen atoms in total. The summed E-state index contributed by atoms with van der Waals surface area (Å²) in [6.45, 7) is 6.81. The van der Waals surface area contributed by atoms with Crippen LogP contribution in [0.15, 0.2) is 36.4 Å². The first-order chi connectivity index (χ1) is 14.7. The number of anilines is 1. The van der Waals surface area contributed by atoms with Crippen LogP contribution in [0.1, 0.15) is 44.7 Å². The van der Waals surface area contributed by atoms with Gasteiger partial charge in [0.2, 0.25) is 0 Å². The SMILES string of the molecule is CC(C)(C)OC(=O)NC1CCN(c2cccc(-c3ccc(C#N)c(F)c3)c2C#N)CC1. The highest BCUT2D eigenvalue weighted by molar-refractivity contribution is 5.79. The van der Waals surface area contributed by atoms with E-state index in [1.54, 1.807) is 12.1 Å². The molecule has 1 amide bonds. The lowest BCUT2D eigenvalue weighted by Gasteiger charge is -2.35. The summed E-state index contributed by atoms with van der Waals surface area (Å²) in [5.74, 6) is -0.608. The number of carbonyl (C=O) groups excluding carboxylic acids is 1. The minimum absolute atomic E-state index is 0.00689. The number of hydrogen-bond acceptors (Lipinski definition) is 5. The standard InChI is InChI=1S/C24H25FN4O2/c1-24(2,3)31-23(30)28-18-9-11-29(12-10-18)22-6-4-5-19(20(22)15-27)16-7-8-17(14-26)21(25)13-16/h4-8,13,18H,9-12H2,1-3H3,(H,28,30). The van der Waals surface area contributed by atoms with Gasteiger partial charge in [0.25, 0.3) is 0 Å². The number of nitrogens with zero attached hydrogens (tertiary/aromatic N) is 3. The summed E-state index contributed by atoms with van der Waals surface area (Å²) in [6, 6.07) is 13.9. The number of benzene rings is 2. The molecule has 1 N–H and O–H groups in total. The molecule has 2 aromatic rings. The van der Waals surface area contributed by atoms with E-state index in [4.69, 9.17) is 10.00 Å². The third-order valence-electron chi connectivity index (χ3n) is 5.11. The summed E-state index contributed by atoms with van der Waals surface area (Å²) in [6.07, 6.45) is 1.02. The Morgan fingerprint density at radius 3 is 2.45 bits per heavy atom. The molecule has 1 saturated heterocycles. The molecule has 3 rings (SSSR count). The number of nitrogens with one attached hydrogen (secondary N) is 1. The van der Waals surface area contributed by atoms with Crippen molar-refractivity contribution in [1.29, 1.82) is 10.5 Å². The number of amides is 1. The van der Waals surface area contributed by atoms with E-state index in [9.17, 15) is 14.4 Å². The van der Waals surface area contributed by atoms with Crippen molar-refractivity contribution in [3.8, 4) is 23.3 Å². The lowest BCUT2D eigenvalue weighted by Crippen LogP contribution is -2.46. The van der Waals surface area contributed by atoms with E-state index < -0.39 is 17.5 Å². The fourth-order valence-corrected chi connectivity index (χ4v) is 3.67. The summed E-state index contributed by atoms with van der Waals surface area (Å²) in [5.41, 5.74) is 1.84. The second-order valence-corrected chi connectivity index (χ2v) is 8.53. The molecule has 160 valence electrons. The maximum absolute atomic E-state index is 14.1. The molecule has 1 aliphatic heterocycles. The van der Waals surface area contributed by atoms with Crippen LogP contribution in [0.2, 0.25) is 0 Å². The van der Waals surface area contributed by atoms with Crippen LogP contribution < -0.4 is 10.2 Å². The molecule has 1 heterocycles. The Bertz CT molecular complexity index is 1050. The lowest BCUT2D eigenvalue weighted by atomic mass is 9.96. The molecule has 1 fully saturated rings. The Labute approximate surface area is 181 Å². The number of rotatable bonds is 3. The summed E-state index contributed by atoms with van der Waals surface area (Å²) in [5, 5.41) is 21.7. The second kappa shape index (κ2) is 9.06. The van der Waals surface area contributed by atoms with Gasteiger partial charge in [-0.05, 0) is 57.4 Å². The number of carbonyl (C=O) groups is 1. The average molecular weight is 420 g/mol. The zero-order valence-corrected chi connectivity index (χ0v) is 17.9. The van der Waals surface area contributed by atoms with Crippen molar-refractivity contribution in [2.24, 2.45) is 0 Å². The van der Waals surface area contributed by atoms with Crippen LogP contribution in [-0.2, 0) is 4.74 Å². The van der Waals surface area contributed by atoms with Crippen molar-refractivity contribution < 1.29 is 13.9 Å². The summed E-state index contributed by atoms with van der Waals surface area (Å²) in [4.78, 5) is 14.1. The molecule has 2 aromatic carbocycles. The fourth-order valence-electron chi connectivity index (χ4n) is 3.67. The molecule has 0 atom stereocenters. The van der Waals surface area contributed by atoms with Crippen LogP contribution in [-0.4, -0.2) is 30.8 Å². The van der Waals surface area contributed by atoms with Gasteiger partial charge in [0, 0.05) is 24.7 Å². The first kappa shape index (κ1) is 22.1. The predicted octanol–water partition coefficient (Wildman–Crippen LogP) is 4.73. The zero-order chi connectivity index (χ0) is 22.6. The van der Waals surface area contributed by atoms with E-state index in [1.165, 1.54) is 12.1 Å². The number of ether oxygens (including phenoxy) is 1. The smallest absolute Gasteiger partial charge is 0.407 e. The van der Waals surface area contributed by atoms with Crippen molar-refractivity contribution in [2.45, 2.75) is 45.3 Å². The number of halogens is 1. The van der Waals surface area contributed by atoms with Crippen LogP contribution in [0.5, 0.6) is 0 Å². The van der Waals surface area contributed by atoms with E-state index >= 15 is 0 Å². The van der Waals surface area contributed by atoms with E-state index in [1.807, 2.05) is 39.0 Å². The Kier molecular flexibility index (Phi) is 6.46. The first-order valence-corrected chi connectivity index (χ1v) is 10.2. The highest BCUT2D eigenvalue weighted by Gasteiger charge is 2.25. The number of hydrogen-bond donors (Lipinski definition) is 1. The Hall–Kier alpha value is -3.58. The molecule has 0 spiro atoms. The molecule has 0 aromatic heterocycles. The average Bonchev–Trinajstić information content (AvgIpc) is 2.72. The molecule has 1 aliphatic rings. The largest absolute Gasteiger partial charge is 0.444 e. The normalized spacial score (nSPS) is 14.5. The zero-order valence-electron chi connectivity index (χ0n) is 17.9. The van der Waals surface area contributed by atoms with Crippen molar-refractivity contribution in [1.82, 2.24) is 5.32 Å². The molecule has 31 heavy (non-hydrogen) atoms. The molecule has 0 bridgehead atoms. The van der Waals surface area contributed by atoms with Crippen LogP contribution >= 0.6 is 0 Å². The molecule has 0 saturated carbocycles. The van der Waals surface area contributed by atoms with Crippen LogP contribution in [0.4, 0.5) is 14.9 Å². The van der Waals surface area contributed by atoms with Gasteiger partial charge in [-0.15, -0.1) is 0 Å². The number of alkyl carbamates (subject to hydrolysis) is 1. The first-order valence-electron chi connectivity index (χ1n) is 10.2. The van der Waals surface area contributed by atoms with E-state index in [-0.39, 0.29) is 11.6 Å². The molecular formula is C24H25FN4O2. The van der Waals surface area contributed by atoms with Gasteiger partial charge in [0.1, 0.15) is 23.6 Å². The second-order valence-electron chi connectivity index (χ2n) is 8.53. The number of piperidine rings is 1. The third-order valence-corrected chi connectivity index (χ3v) is 5.11. The Morgan fingerprint density at radius 2 is 1.87 bits per heavy atom. The predicted molar refractivity (Wildman–Crippen MR) is 116 cm³/mol. The van der Waals surface area contributed by atoms with E-state index in [0.717, 1.165) is 18.5 Å². The monoisotopic (exact) mass is 420 g/mol. The van der Waals surface area contributed by atoms with Gasteiger partial charge >= 0.3 is 6.09 Å². The van der Waals surface area contributed by atoms with Gasteiger partial charge in [0.15, 0.2) is 0 Å². The maximum Gasteiger partial charge on any atom is 0.407 e. The van der Waals surface area contributed by atoms with Crippen LogP contribution in [0.25, 0.3) is 11.1 Å². The van der Waals surface area contributed by atoms with Gasteiger partial charge in [-0.25, -0.2) is 9.18 Å². The number of nitriles is 2.